The molecule has 110 valence electrons. The average molecular weight is 296 g/mol. The minimum Gasteiger partial charge on any atom is -0.490 e. The zero-order valence-electron chi connectivity index (χ0n) is 11.9. The Hall–Kier alpha value is -1.56. The molecule has 1 aromatic rings. The number of amides is 1. The second-order valence-electron chi connectivity index (χ2n) is 5.67. The first kappa shape index (κ1) is 14.8. The fourth-order valence-electron chi connectivity index (χ4n) is 1.74. The Morgan fingerprint density at radius 3 is 2.95 bits per heavy atom. The number of hydrogen-bond donors (Lipinski definition) is 2. The highest BCUT2D eigenvalue weighted by molar-refractivity contribution is 7.99. The molecule has 0 spiro atoms. The molecule has 0 saturated carbocycles. The first-order chi connectivity index (χ1) is 9.33. The van der Waals surface area contributed by atoms with Crippen LogP contribution in [0.25, 0.3) is 0 Å². The number of anilines is 1. The van der Waals surface area contributed by atoms with Gasteiger partial charge in [0, 0.05) is 22.4 Å². The van der Waals surface area contributed by atoms with E-state index >= 15 is 0 Å². The molecule has 5 nitrogen and oxygen atoms in total. The number of fused-ring (bicyclic) bond motifs is 1. The van der Waals surface area contributed by atoms with Gasteiger partial charge in [-0.15, -0.1) is 11.8 Å². The number of rotatable bonds is 1. The molecule has 1 heterocycles. The lowest BCUT2D eigenvalue weighted by Gasteiger charge is -2.22. The predicted octanol–water partition coefficient (Wildman–Crippen LogP) is 2.65. The molecule has 6 heteroatoms. The van der Waals surface area contributed by atoms with Gasteiger partial charge in [0.2, 0.25) is 0 Å². The van der Waals surface area contributed by atoms with Crippen molar-refractivity contribution < 1.29 is 14.3 Å². The summed E-state index contributed by atoms with van der Waals surface area (Å²) in [7, 11) is 0. The van der Waals surface area contributed by atoms with Crippen molar-refractivity contribution >= 4 is 23.5 Å². The second kappa shape index (κ2) is 5.83. The summed E-state index contributed by atoms with van der Waals surface area (Å²) in [6.07, 6.45) is -0.419. The third kappa shape index (κ3) is 4.23. The minimum absolute atomic E-state index is 0.0940. The Bertz CT molecular complexity index is 500. The predicted molar refractivity (Wildman–Crippen MR) is 80.2 cm³/mol. The van der Waals surface area contributed by atoms with Crippen LogP contribution >= 0.6 is 11.8 Å². The van der Waals surface area contributed by atoms with E-state index in [2.05, 4.69) is 5.32 Å². The van der Waals surface area contributed by atoms with E-state index in [9.17, 15) is 4.79 Å². The Labute approximate surface area is 123 Å². The van der Waals surface area contributed by atoms with E-state index in [1.54, 1.807) is 17.8 Å². The summed E-state index contributed by atoms with van der Waals surface area (Å²) in [5.74, 6) is 1.50. The monoisotopic (exact) mass is 296 g/mol. The number of carbonyl (C=O) groups is 1. The smallest absolute Gasteiger partial charge is 0.408 e. The molecule has 0 unspecified atom stereocenters. The number of alkyl carbamates (subject to hydrolysis) is 1. The summed E-state index contributed by atoms with van der Waals surface area (Å²) in [5, 5.41) is 2.83. The number of carbonyl (C=O) groups excluding carboxylic acids is 1. The molecule has 1 aromatic carbocycles. The zero-order chi connectivity index (χ0) is 14.8. The van der Waals surface area contributed by atoms with Gasteiger partial charge in [-0.3, -0.25) is 0 Å². The van der Waals surface area contributed by atoms with Crippen molar-refractivity contribution in [1.82, 2.24) is 5.32 Å². The second-order valence-corrected chi connectivity index (χ2v) is 6.73. The SMILES string of the molecule is CC(C)(C)OC(=O)N[C@@H]1COc2cc(N)ccc2SC1. The molecule has 1 aliphatic rings. The Balaban J connectivity index is 1.94. The van der Waals surface area contributed by atoms with Gasteiger partial charge < -0.3 is 20.5 Å². The Morgan fingerprint density at radius 2 is 2.25 bits per heavy atom. The highest BCUT2D eigenvalue weighted by atomic mass is 32.2. The number of benzene rings is 1. The van der Waals surface area contributed by atoms with E-state index in [4.69, 9.17) is 15.2 Å². The summed E-state index contributed by atoms with van der Waals surface area (Å²) in [4.78, 5) is 12.8. The van der Waals surface area contributed by atoms with E-state index in [-0.39, 0.29) is 6.04 Å². The lowest BCUT2D eigenvalue weighted by Crippen LogP contribution is -2.43. The van der Waals surface area contributed by atoms with Crippen molar-refractivity contribution in [3.8, 4) is 5.75 Å². The summed E-state index contributed by atoms with van der Waals surface area (Å²) in [6, 6.07) is 5.49. The molecule has 1 amide bonds. The van der Waals surface area contributed by atoms with Gasteiger partial charge in [0.25, 0.3) is 0 Å². The molecule has 0 aromatic heterocycles. The molecule has 0 saturated heterocycles. The number of thioether (sulfide) groups is 1. The lowest BCUT2D eigenvalue weighted by atomic mass is 10.2. The van der Waals surface area contributed by atoms with Crippen LogP contribution < -0.4 is 15.8 Å². The van der Waals surface area contributed by atoms with Crippen LogP contribution in [0.15, 0.2) is 23.1 Å². The van der Waals surface area contributed by atoms with Crippen molar-refractivity contribution in [2.24, 2.45) is 0 Å². The maximum absolute atomic E-state index is 11.7. The van der Waals surface area contributed by atoms with E-state index in [0.29, 0.717) is 12.3 Å². The van der Waals surface area contributed by atoms with Gasteiger partial charge in [0.05, 0.1) is 6.04 Å². The molecule has 1 aliphatic heterocycles. The number of nitrogens with one attached hydrogen (secondary N) is 1. The molecule has 1 atom stereocenters. The first-order valence-corrected chi connectivity index (χ1v) is 7.47. The highest BCUT2D eigenvalue weighted by Gasteiger charge is 2.22. The van der Waals surface area contributed by atoms with E-state index in [0.717, 1.165) is 16.4 Å². The normalized spacial score (nSPS) is 18.4. The average Bonchev–Trinajstić information content (AvgIpc) is 2.49. The van der Waals surface area contributed by atoms with Crippen LogP contribution in [0.5, 0.6) is 5.75 Å². The molecule has 0 aliphatic carbocycles. The number of nitrogen functional groups attached to an aromatic ring is 1. The van der Waals surface area contributed by atoms with Crippen LogP contribution in [0.3, 0.4) is 0 Å². The topological polar surface area (TPSA) is 73.6 Å². The van der Waals surface area contributed by atoms with Gasteiger partial charge >= 0.3 is 6.09 Å². The number of nitrogens with two attached hydrogens (primary N) is 1. The molecule has 2 rings (SSSR count). The quantitative estimate of drug-likeness (QED) is 0.779. The van der Waals surface area contributed by atoms with Crippen LogP contribution in [0.1, 0.15) is 20.8 Å². The van der Waals surface area contributed by atoms with Gasteiger partial charge in [-0.1, -0.05) is 0 Å². The van der Waals surface area contributed by atoms with E-state index < -0.39 is 11.7 Å². The summed E-state index contributed by atoms with van der Waals surface area (Å²) in [6.45, 7) is 5.92. The minimum atomic E-state index is -0.500. The van der Waals surface area contributed by atoms with E-state index in [1.807, 2.05) is 32.9 Å². The fraction of sp³-hybridized carbons (Fsp3) is 0.500. The van der Waals surface area contributed by atoms with Crippen molar-refractivity contribution in [2.75, 3.05) is 18.1 Å². The maximum Gasteiger partial charge on any atom is 0.408 e. The molecule has 3 N–H and O–H groups in total. The van der Waals surface area contributed by atoms with Gasteiger partial charge in [-0.05, 0) is 32.9 Å². The molecule has 0 bridgehead atoms. The van der Waals surface area contributed by atoms with Crippen LogP contribution in [-0.4, -0.2) is 30.1 Å². The first-order valence-electron chi connectivity index (χ1n) is 6.48. The summed E-state index contributed by atoms with van der Waals surface area (Å²) in [5.41, 5.74) is 5.91. The van der Waals surface area contributed by atoms with Crippen LogP contribution in [-0.2, 0) is 4.74 Å². The van der Waals surface area contributed by atoms with Crippen LogP contribution in [0.2, 0.25) is 0 Å². The molecular weight excluding hydrogens is 276 g/mol. The van der Waals surface area contributed by atoms with Gasteiger partial charge in [0.1, 0.15) is 18.0 Å². The van der Waals surface area contributed by atoms with Gasteiger partial charge in [-0.2, -0.15) is 0 Å². The third-order valence-electron chi connectivity index (χ3n) is 2.57. The van der Waals surface area contributed by atoms with Gasteiger partial charge in [0.15, 0.2) is 0 Å². The summed E-state index contributed by atoms with van der Waals surface area (Å²) < 4.78 is 10.9. The van der Waals surface area contributed by atoms with E-state index in [1.165, 1.54) is 0 Å². The molecular formula is C14H20N2O3S. The standard InChI is InChI=1S/C14H20N2O3S/c1-14(2,3)19-13(17)16-10-7-18-11-6-9(15)4-5-12(11)20-8-10/h4-6,10H,7-8,15H2,1-3H3,(H,16,17)/t10-/m1/s1. The van der Waals surface area contributed by atoms with Crippen molar-refractivity contribution in [1.29, 1.82) is 0 Å². The molecule has 0 radical (unpaired) electrons. The van der Waals surface area contributed by atoms with Crippen LogP contribution in [0.4, 0.5) is 10.5 Å². The fourth-order valence-corrected chi connectivity index (χ4v) is 2.73. The van der Waals surface area contributed by atoms with Crippen molar-refractivity contribution in [2.45, 2.75) is 37.3 Å². The molecule has 20 heavy (non-hydrogen) atoms. The Morgan fingerprint density at radius 1 is 1.50 bits per heavy atom. The highest BCUT2D eigenvalue weighted by Crippen LogP contribution is 2.33. The lowest BCUT2D eigenvalue weighted by molar-refractivity contribution is 0.0495. The van der Waals surface area contributed by atoms with Crippen molar-refractivity contribution in [3.63, 3.8) is 0 Å². The van der Waals surface area contributed by atoms with Crippen molar-refractivity contribution in [3.05, 3.63) is 18.2 Å². The maximum atomic E-state index is 11.7. The zero-order valence-corrected chi connectivity index (χ0v) is 12.8. The summed E-state index contributed by atoms with van der Waals surface area (Å²) >= 11 is 1.64. The Kier molecular flexibility index (Phi) is 4.32. The molecule has 0 fully saturated rings. The largest absolute Gasteiger partial charge is 0.490 e. The number of ether oxygens (including phenoxy) is 2. The third-order valence-corrected chi connectivity index (χ3v) is 3.79. The van der Waals surface area contributed by atoms with Gasteiger partial charge in [-0.25, -0.2) is 4.79 Å². The van der Waals surface area contributed by atoms with Crippen LogP contribution in [0, 0.1) is 0 Å². The number of hydrogen-bond acceptors (Lipinski definition) is 5.